The Labute approximate surface area is 222 Å². The highest BCUT2D eigenvalue weighted by Gasteiger charge is 2.39. The van der Waals surface area contributed by atoms with E-state index in [4.69, 9.17) is 5.73 Å². The average molecular weight is 559 g/mol. The normalized spacial score (nSPS) is 18.6. The Morgan fingerprint density at radius 3 is 2.10 bits per heavy atom. The molecule has 1 heterocycles. The number of hydrogen-bond acceptors (Lipinski definition) is 4. The van der Waals surface area contributed by atoms with E-state index >= 15 is 0 Å². The van der Waals surface area contributed by atoms with E-state index in [2.05, 4.69) is 10.6 Å². The van der Waals surface area contributed by atoms with E-state index < -0.39 is 46.5 Å². The number of amides is 2. The van der Waals surface area contributed by atoms with E-state index in [9.17, 15) is 35.9 Å². The second kappa shape index (κ2) is 12.0. The van der Waals surface area contributed by atoms with Crippen molar-refractivity contribution in [1.82, 2.24) is 15.5 Å². The Morgan fingerprint density at radius 2 is 1.56 bits per heavy atom. The van der Waals surface area contributed by atoms with Crippen molar-refractivity contribution >= 4 is 11.8 Å². The van der Waals surface area contributed by atoms with Gasteiger partial charge in [0.05, 0.1) is 17.7 Å². The number of carbonyl (C=O) groups is 2. The number of alkyl halides is 6. The SMILES string of the molecule is CC(C)(N)CNC(=O)CNC1CCN(C(=O)c2cc(C(F)(F)F)cc(C(F)(F)F)c2)C(Cc2ccccc2)C1. The minimum absolute atomic E-state index is 0.00464. The molecule has 2 atom stereocenters. The van der Waals surface area contributed by atoms with Crippen molar-refractivity contribution in [2.45, 2.75) is 63.1 Å². The minimum Gasteiger partial charge on any atom is -0.353 e. The summed E-state index contributed by atoms with van der Waals surface area (Å²) >= 11 is 0. The van der Waals surface area contributed by atoms with Gasteiger partial charge in [0.1, 0.15) is 0 Å². The van der Waals surface area contributed by atoms with Crippen LogP contribution >= 0.6 is 0 Å². The maximum absolute atomic E-state index is 13.4. The third kappa shape index (κ3) is 8.96. The molecule has 1 saturated heterocycles. The number of piperidine rings is 1. The number of nitrogens with two attached hydrogens (primary N) is 1. The van der Waals surface area contributed by atoms with Crippen molar-refractivity contribution < 1.29 is 35.9 Å². The van der Waals surface area contributed by atoms with Crippen molar-refractivity contribution in [1.29, 1.82) is 0 Å². The average Bonchev–Trinajstić information content (AvgIpc) is 2.85. The first-order valence-electron chi connectivity index (χ1n) is 12.5. The summed E-state index contributed by atoms with van der Waals surface area (Å²) in [7, 11) is 0. The topological polar surface area (TPSA) is 87.5 Å². The Hall–Kier alpha value is -3.12. The Bertz CT molecular complexity index is 1110. The molecular formula is C27H32F6N4O2. The number of halogens is 6. The van der Waals surface area contributed by atoms with Gasteiger partial charge in [0.15, 0.2) is 0 Å². The summed E-state index contributed by atoms with van der Waals surface area (Å²) in [5.41, 5.74) is 2.39. The molecule has 12 heteroatoms. The molecule has 3 rings (SSSR count). The zero-order valence-corrected chi connectivity index (χ0v) is 21.6. The lowest BCUT2D eigenvalue weighted by atomic mass is 9.91. The molecule has 2 aromatic carbocycles. The second-order valence-electron chi connectivity index (χ2n) is 10.5. The molecule has 0 spiro atoms. The summed E-state index contributed by atoms with van der Waals surface area (Å²) < 4.78 is 80.3. The summed E-state index contributed by atoms with van der Waals surface area (Å²) in [5, 5.41) is 5.86. The maximum Gasteiger partial charge on any atom is 0.416 e. The molecule has 0 radical (unpaired) electrons. The van der Waals surface area contributed by atoms with Gasteiger partial charge in [0, 0.05) is 36.3 Å². The van der Waals surface area contributed by atoms with Crippen LogP contribution in [-0.4, -0.2) is 54.0 Å². The molecule has 0 bridgehead atoms. The molecular weight excluding hydrogens is 526 g/mol. The number of likely N-dealkylation sites (tertiary alicyclic amines) is 1. The van der Waals surface area contributed by atoms with E-state index in [1.807, 2.05) is 12.1 Å². The van der Waals surface area contributed by atoms with Gasteiger partial charge >= 0.3 is 12.4 Å². The molecule has 6 nitrogen and oxygen atoms in total. The first-order chi connectivity index (χ1) is 18.0. The number of nitrogens with one attached hydrogen (secondary N) is 2. The van der Waals surface area contributed by atoms with Gasteiger partial charge in [-0.1, -0.05) is 30.3 Å². The van der Waals surface area contributed by atoms with Gasteiger partial charge in [0.25, 0.3) is 5.91 Å². The number of nitrogens with zero attached hydrogens (tertiary/aromatic N) is 1. The molecule has 0 aliphatic carbocycles. The summed E-state index contributed by atoms with van der Waals surface area (Å²) in [6, 6.07) is 9.26. The van der Waals surface area contributed by atoms with Gasteiger partial charge in [-0.15, -0.1) is 0 Å². The van der Waals surface area contributed by atoms with Crippen molar-refractivity contribution in [2.75, 3.05) is 19.6 Å². The third-order valence-electron chi connectivity index (χ3n) is 6.42. The molecule has 2 amide bonds. The number of rotatable bonds is 8. The van der Waals surface area contributed by atoms with Crippen molar-refractivity contribution in [3.05, 3.63) is 70.8 Å². The van der Waals surface area contributed by atoms with Crippen molar-refractivity contribution in [2.24, 2.45) is 5.73 Å². The lowest BCUT2D eigenvalue weighted by Gasteiger charge is -2.40. The fourth-order valence-electron chi connectivity index (χ4n) is 4.45. The van der Waals surface area contributed by atoms with Crippen LogP contribution in [0.3, 0.4) is 0 Å². The highest BCUT2D eigenvalue weighted by molar-refractivity contribution is 5.95. The minimum atomic E-state index is -5.06. The molecule has 1 fully saturated rings. The number of carbonyl (C=O) groups excluding carboxylic acids is 2. The predicted molar refractivity (Wildman–Crippen MR) is 134 cm³/mol. The van der Waals surface area contributed by atoms with Crippen molar-refractivity contribution in [3.63, 3.8) is 0 Å². The lowest BCUT2D eigenvalue weighted by molar-refractivity contribution is -0.143. The molecule has 2 aromatic rings. The fourth-order valence-corrected chi connectivity index (χ4v) is 4.45. The largest absolute Gasteiger partial charge is 0.416 e. The molecule has 0 aromatic heterocycles. The van der Waals surface area contributed by atoms with Crippen LogP contribution in [0.4, 0.5) is 26.3 Å². The lowest BCUT2D eigenvalue weighted by Crippen LogP contribution is -2.53. The van der Waals surface area contributed by atoms with Gasteiger partial charge < -0.3 is 21.3 Å². The molecule has 39 heavy (non-hydrogen) atoms. The molecule has 1 aliphatic heterocycles. The van der Waals surface area contributed by atoms with Gasteiger partial charge in [-0.05, 0) is 56.9 Å². The van der Waals surface area contributed by atoms with E-state index in [0.717, 1.165) is 5.56 Å². The first-order valence-corrected chi connectivity index (χ1v) is 12.5. The zero-order valence-electron chi connectivity index (χ0n) is 21.6. The van der Waals surface area contributed by atoms with Crippen LogP contribution in [-0.2, 0) is 23.6 Å². The Kier molecular flexibility index (Phi) is 9.32. The number of hydrogen-bond donors (Lipinski definition) is 3. The maximum atomic E-state index is 13.4. The summed E-state index contributed by atoms with van der Waals surface area (Å²) in [6.45, 7) is 3.89. The zero-order chi connectivity index (χ0) is 29.0. The summed E-state index contributed by atoms with van der Waals surface area (Å²) in [6.07, 6.45) is -9.07. The van der Waals surface area contributed by atoms with Gasteiger partial charge in [0.2, 0.25) is 5.91 Å². The smallest absolute Gasteiger partial charge is 0.353 e. The fraction of sp³-hybridized carbons (Fsp3) is 0.481. The van der Waals surface area contributed by atoms with Gasteiger partial charge in [-0.3, -0.25) is 9.59 Å². The second-order valence-corrected chi connectivity index (χ2v) is 10.5. The van der Waals surface area contributed by atoms with E-state index in [0.29, 0.717) is 31.4 Å². The molecule has 214 valence electrons. The van der Waals surface area contributed by atoms with Crippen LogP contribution in [0.1, 0.15) is 53.7 Å². The summed E-state index contributed by atoms with van der Waals surface area (Å²) in [5.74, 6) is -1.18. The highest BCUT2D eigenvalue weighted by Crippen LogP contribution is 2.37. The van der Waals surface area contributed by atoms with E-state index in [1.165, 1.54) is 4.90 Å². The third-order valence-corrected chi connectivity index (χ3v) is 6.42. The van der Waals surface area contributed by atoms with Crippen LogP contribution in [0.25, 0.3) is 0 Å². The van der Waals surface area contributed by atoms with Crippen LogP contribution in [0.15, 0.2) is 48.5 Å². The quantitative estimate of drug-likeness (QED) is 0.420. The monoisotopic (exact) mass is 558 g/mol. The van der Waals surface area contributed by atoms with Gasteiger partial charge in [-0.25, -0.2) is 0 Å². The van der Waals surface area contributed by atoms with Gasteiger partial charge in [-0.2, -0.15) is 26.3 Å². The molecule has 1 aliphatic rings. The first kappa shape index (κ1) is 30.4. The number of benzene rings is 2. The van der Waals surface area contributed by atoms with E-state index in [1.54, 1.807) is 32.0 Å². The Balaban J connectivity index is 1.82. The molecule has 0 saturated carbocycles. The highest BCUT2D eigenvalue weighted by atomic mass is 19.4. The van der Waals surface area contributed by atoms with Crippen LogP contribution < -0.4 is 16.4 Å². The molecule has 4 N–H and O–H groups in total. The van der Waals surface area contributed by atoms with Crippen LogP contribution in [0, 0.1) is 0 Å². The van der Waals surface area contributed by atoms with E-state index in [-0.39, 0.29) is 37.6 Å². The molecule has 2 unspecified atom stereocenters. The predicted octanol–water partition coefficient (Wildman–Crippen LogP) is 4.38. The van der Waals surface area contributed by atoms with Crippen molar-refractivity contribution in [3.8, 4) is 0 Å². The van der Waals surface area contributed by atoms with Crippen LogP contribution in [0.5, 0.6) is 0 Å². The summed E-state index contributed by atoms with van der Waals surface area (Å²) in [4.78, 5) is 26.9. The van der Waals surface area contributed by atoms with Crippen LogP contribution in [0.2, 0.25) is 0 Å². The Morgan fingerprint density at radius 1 is 0.974 bits per heavy atom. The standard InChI is InChI=1S/C27H32F6N4O2/c1-25(2,34)16-36-23(38)15-35-21-8-9-37(22(14-21)10-17-6-4-3-5-7-17)24(39)18-11-19(26(28,29)30)13-20(12-18)27(31,32)33/h3-7,11-13,21-22,35H,8-10,14-16,34H2,1-2H3,(H,36,38).